The van der Waals surface area contributed by atoms with Crippen molar-refractivity contribution < 1.29 is 23.3 Å². The minimum atomic E-state index is -2.58. The van der Waals surface area contributed by atoms with Crippen molar-refractivity contribution in [2.24, 2.45) is 4.99 Å². The molecule has 0 aliphatic carbocycles. The number of thioether (sulfide) groups is 1. The molecule has 4 rings (SSSR count). The molecule has 0 aromatic heterocycles. The summed E-state index contributed by atoms with van der Waals surface area (Å²) < 4.78 is 34.4. The van der Waals surface area contributed by atoms with E-state index in [0.29, 0.717) is 47.9 Å². The molecular weight excluding hydrogens is 528 g/mol. The van der Waals surface area contributed by atoms with Gasteiger partial charge in [0.2, 0.25) is 0 Å². The third kappa shape index (κ3) is 6.68. The molecule has 0 atom stereocenters. The fourth-order valence-electron chi connectivity index (χ4n) is 5.12. The number of benzene rings is 1. The number of hydrogen-bond acceptors (Lipinski definition) is 7. The van der Waals surface area contributed by atoms with E-state index in [1.54, 1.807) is 24.3 Å². The van der Waals surface area contributed by atoms with E-state index in [0.717, 1.165) is 44.8 Å². The first-order valence-electron chi connectivity index (χ1n) is 13.2. The summed E-state index contributed by atoms with van der Waals surface area (Å²) in [5.74, 6) is -0.915. The molecule has 0 saturated carbocycles. The molecular formula is C26H37FN5O4PS. The maximum absolute atomic E-state index is 14.1. The van der Waals surface area contributed by atoms with Gasteiger partial charge in [0.15, 0.2) is 12.5 Å². The minimum absolute atomic E-state index is 0.0569. The first kappa shape index (κ1) is 28.8. The Labute approximate surface area is 228 Å². The second-order valence-electron chi connectivity index (χ2n) is 10.0. The lowest BCUT2D eigenvalue weighted by molar-refractivity contribution is -0.113. The average Bonchev–Trinajstić information content (AvgIpc) is 3.26. The summed E-state index contributed by atoms with van der Waals surface area (Å²) in [6.07, 6.45) is 4.60. The van der Waals surface area contributed by atoms with Gasteiger partial charge in [0, 0.05) is 57.2 Å². The van der Waals surface area contributed by atoms with Gasteiger partial charge in [-0.25, -0.2) is 9.18 Å². The van der Waals surface area contributed by atoms with Crippen molar-refractivity contribution in [1.82, 2.24) is 19.6 Å². The fourth-order valence-corrected chi connectivity index (χ4v) is 7.44. The Kier molecular flexibility index (Phi) is 9.34. The van der Waals surface area contributed by atoms with Gasteiger partial charge >= 0.3 is 6.09 Å². The fraction of sp³-hybridized carbons (Fsp3) is 0.577. The van der Waals surface area contributed by atoms with Crippen LogP contribution in [0.1, 0.15) is 45.1 Å². The molecule has 0 bridgehead atoms. The SMILES string of the molecule is CCN(CC)C1CCN(C(=O)Oc2cc(F)ccc2/C=C2\SC(N3CCCCN3P(C)(C)=O)=NC2=O)CC1. The number of hydrazine groups is 1. The van der Waals surface area contributed by atoms with Crippen molar-refractivity contribution in [2.75, 3.05) is 52.6 Å². The Morgan fingerprint density at radius 2 is 1.87 bits per heavy atom. The van der Waals surface area contributed by atoms with Crippen LogP contribution in [0.2, 0.25) is 0 Å². The summed E-state index contributed by atoms with van der Waals surface area (Å²) in [6.45, 7) is 12.0. The average molecular weight is 566 g/mol. The maximum Gasteiger partial charge on any atom is 0.415 e. The molecule has 12 heteroatoms. The predicted octanol–water partition coefficient (Wildman–Crippen LogP) is 4.95. The standard InChI is InChI=1S/C26H37FN5O4PS/c1-5-29(6-2)21-11-15-30(16-12-21)26(34)36-22-18-20(27)10-9-19(22)17-23-24(33)28-25(38-23)31-13-7-8-14-32(31)37(3,4)35/h9-10,17-18,21H,5-8,11-16H2,1-4H3/b23-17-. The van der Waals surface area contributed by atoms with E-state index in [2.05, 4.69) is 23.7 Å². The van der Waals surface area contributed by atoms with Gasteiger partial charge in [-0.2, -0.15) is 9.77 Å². The van der Waals surface area contributed by atoms with E-state index in [1.165, 1.54) is 23.9 Å². The molecule has 1 aromatic carbocycles. The van der Waals surface area contributed by atoms with Crippen LogP contribution >= 0.6 is 19.1 Å². The Bertz CT molecular complexity index is 1160. The summed E-state index contributed by atoms with van der Waals surface area (Å²) >= 11 is 1.18. The first-order valence-corrected chi connectivity index (χ1v) is 16.6. The number of hydrogen-bond donors (Lipinski definition) is 0. The molecule has 0 N–H and O–H groups in total. The van der Waals surface area contributed by atoms with Gasteiger partial charge in [-0.1, -0.05) is 13.8 Å². The molecule has 0 unspecified atom stereocenters. The number of amidine groups is 1. The summed E-state index contributed by atoms with van der Waals surface area (Å²) in [4.78, 5) is 34.3. The number of aliphatic imine (C=N–C) groups is 1. The van der Waals surface area contributed by atoms with Gasteiger partial charge < -0.3 is 19.1 Å². The van der Waals surface area contributed by atoms with Crippen LogP contribution in [0, 0.1) is 5.82 Å². The molecule has 2 amide bonds. The zero-order valence-electron chi connectivity index (χ0n) is 22.6. The number of piperidine rings is 1. The largest absolute Gasteiger partial charge is 0.415 e. The van der Waals surface area contributed by atoms with Crippen LogP contribution in [0.4, 0.5) is 9.18 Å². The number of ether oxygens (including phenoxy) is 1. The quantitative estimate of drug-likeness (QED) is 0.354. The van der Waals surface area contributed by atoms with Gasteiger partial charge in [-0.15, -0.1) is 0 Å². The second-order valence-corrected chi connectivity index (χ2v) is 14.1. The molecule has 2 saturated heterocycles. The van der Waals surface area contributed by atoms with E-state index < -0.39 is 25.1 Å². The molecule has 0 spiro atoms. The van der Waals surface area contributed by atoms with Crippen molar-refractivity contribution in [1.29, 1.82) is 0 Å². The molecule has 9 nitrogen and oxygen atoms in total. The third-order valence-electron chi connectivity index (χ3n) is 7.15. The minimum Gasteiger partial charge on any atom is -0.409 e. The number of carbonyl (C=O) groups is 2. The van der Waals surface area contributed by atoms with Crippen LogP contribution in [0.5, 0.6) is 5.75 Å². The predicted molar refractivity (Wildman–Crippen MR) is 150 cm³/mol. The number of nitrogens with zero attached hydrogens (tertiary/aromatic N) is 5. The van der Waals surface area contributed by atoms with E-state index in [9.17, 15) is 18.5 Å². The number of carbonyl (C=O) groups excluding carboxylic acids is 2. The molecule has 3 aliphatic rings. The lowest BCUT2D eigenvalue weighted by Gasteiger charge is -2.41. The van der Waals surface area contributed by atoms with Crippen LogP contribution in [-0.2, 0) is 9.36 Å². The Morgan fingerprint density at radius 1 is 1.18 bits per heavy atom. The zero-order chi connectivity index (χ0) is 27.4. The topological polar surface area (TPSA) is 85.8 Å². The van der Waals surface area contributed by atoms with Crippen LogP contribution in [-0.4, -0.2) is 95.4 Å². The van der Waals surface area contributed by atoms with Gasteiger partial charge in [0.05, 0.1) is 4.91 Å². The molecule has 3 aliphatic heterocycles. The van der Waals surface area contributed by atoms with Crippen molar-refractivity contribution in [3.8, 4) is 5.75 Å². The van der Waals surface area contributed by atoms with Crippen molar-refractivity contribution in [3.63, 3.8) is 0 Å². The van der Waals surface area contributed by atoms with Crippen molar-refractivity contribution in [2.45, 2.75) is 45.6 Å². The lowest BCUT2D eigenvalue weighted by Crippen LogP contribution is -2.47. The summed E-state index contributed by atoms with van der Waals surface area (Å²) in [6, 6.07) is 4.36. The normalized spacial score (nSPS) is 20.9. The van der Waals surface area contributed by atoms with E-state index >= 15 is 0 Å². The van der Waals surface area contributed by atoms with Crippen molar-refractivity contribution >= 4 is 42.3 Å². The molecule has 0 radical (unpaired) electrons. The highest BCUT2D eigenvalue weighted by Gasteiger charge is 2.35. The second kappa shape index (κ2) is 12.3. The van der Waals surface area contributed by atoms with Gasteiger partial charge in [-0.3, -0.25) is 9.80 Å². The molecule has 2 fully saturated rings. The number of amides is 2. The van der Waals surface area contributed by atoms with E-state index in [-0.39, 0.29) is 5.75 Å². The number of rotatable bonds is 6. The molecule has 38 heavy (non-hydrogen) atoms. The van der Waals surface area contributed by atoms with Crippen LogP contribution in [0.15, 0.2) is 28.1 Å². The Balaban J connectivity index is 1.47. The van der Waals surface area contributed by atoms with Gasteiger partial charge in [-0.05, 0) is 68.7 Å². The highest BCUT2D eigenvalue weighted by Crippen LogP contribution is 2.46. The van der Waals surface area contributed by atoms with Crippen LogP contribution in [0.25, 0.3) is 6.08 Å². The number of likely N-dealkylation sites (tertiary alicyclic amines) is 1. The van der Waals surface area contributed by atoms with Crippen LogP contribution < -0.4 is 4.74 Å². The summed E-state index contributed by atoms with van der Waals surface area (Å²) in [5.41, 5.74) is 0.414. The Hall–Kier alpha value is -2.20. The smallest absolute Gasteiger partial charge is 0.409 e. The lowest BCUT2D eigenvalue weighted by atomic mass is 10.0. The van der Waals surface area contributed by atoms with E-state index in [4.69, 9.17) is 4.74 Å². The summed E-state index contributed by atoms with van der Waals surface area (Å²) in [7, 11) is -2.58. The first-order chi connectivity index (χ1) is 18.1. The highest BCUT2D eigenvalue weighted by molar-refractivity contribution is 8.18. The van der Waals surface area contributed by atoms with Gasteiger partial charge in [0.1, 0.15) is 11.6 Å². The third-order valence-corrected chi connectivity index (χ3v) is 9.68. The maximum atomic E-state index is 14.1. The number of halogens is 1. The van der Waals surface area contributed by atoms with Crippen LogP contribution in [0.3, 0.4) is 0 Å². The van der Waals surface area contributed by atoms with Crippen molar-refractivity contribution in [3.05, 3.63) is 34.5 Å². The molecule has 208 valence electrons. The van der Waals surface area contributed by atoms with E-state index in [1.807, 2.05) is 9.79 Å². The summed E-state index contributed by atoms with van der Waals surface area (Å²) in [5, 5.41) is 2.31. The van der Waals surface area contributed by atoms with Gasteiger partial charge in [0.25, 0.3) is 5.91 Å². The highest BCUT2D eigenvalue weighted by atomic mass is 32.2. The Morgan fingerprint density at radius 3 is 2.53 bits per heavy atom. The monoisotopic (exact) mass is 565 g/mol. The molecule has 3 heterocycles. The molecule has 1 aromatic rings. The zero-order valence-corrected chi connectivity index (χ0v) is 24.3.